The predicted molar refractivity (Wildman–Crippen MR) is 92.3 cm³/mol. The molecule has 0 bridgehead atoms. The van der Waals surface area contributed by atoms with E-state index in [1.54, 1.807) is 13.2 Å². The maximum atomic E-state index is 6.03. The van der Waals surface area contributed by atoms with Gasteiger partial charge in [-0.3, -0.25) is 0 Å². The molecule has 0 radical (unpaired) electrons. The van der Waals surface area contributed by atoms with E-state index in [1.165, 1.54) is 10.8 Å². The molecular weight excluding hydrogens is 328 g/mol. The maximum absolute atomic E-state index is 6.03. The first-order valence-electron chi connectivity index (χ1n) is 6.55. The molecule has 21 heavy (non-hydrogen) atoms. The van der Waals surface area contributed by atoms with Crippen LogP contribution in [0.5, 0.6) is 5.75 Å². The molecule has 0 aliphatic heterocycles. The van der Waals surface area contributed by atoms with Crippen LogP contribution in [0.4, 0.5) is 17.1 Å². The minimum absolute atomic E-state index is 0.658. The van der Waals surface area contributed by atoms with Crippen LogP contribution in [-0.4, -0.2) is 7.11 Å². The Labute approximate surface area is 131 Å². The fraction of sp³-hybridized carbons (Fsp3) is 0.0588. The van der Waals surface area contributed by atoms with Crippen LogP contribution >= 0.6 is 15.9 Å². The van der Waals surface area contributed by atoms with Crippen molar-refractivity contribution in [2.24, 2.45) is 0 Å². The highest BCUT2D eigenvalue weighted by atomic mass is 79.9. The molecule has 0 atom stereocenters. The largest absolute Gasteiger partial charge is 0.497 e. The van der Waals surface area contributed by atoms with Gasteiger partial charge in [-0.05, 0) is 47.2 Å². The Hall–Kier alpha value is -2.20. The molecule has 3 aromatic carbocycles. The van der Waals surface area contributed by atoms with Gasteiger partial charge in [-0.1, -0.05) is 28.1 Å². The lowest BCUT2D eigenvalue weighted by Crippen LogP contribution is -1.97. The summed E-state index contributed by atoms with van der Waals surface area (Å²) in [6, 6.07) is 18.1. The normalized spacial score (nSPS) is 10.6. The summed E-state index contributed by atoms with van der Waals surface area (Å²) >= 11 is 3.48. The number of rotatable bonds is 3. The lowest BCUT2D eigenvalue weighted by molar-refractivity contribution is 0.415. The lowest BCUT2D eigenvalue weighted by Gasteiger charge is -2.11. The second kappa shape index (κ2) is 5.66. The first-order chi connectivity index (χ1) is 10.2. The summed E-state index contributed by atoms with van der Waals surface area (Å²) in [7, 11) is 1.63. The van der Waals surface area contributed by atoms with Gasteiger partial charge in [0, 0.05) is 16.2 Å². The number of halogens is 1. The predicted octanol–water partition coefficient (Wildman–Crippen LogP) is 4.94. The van der Waals surface area contributed by atoms with Crippen LogP contribution in [0.25, 0.3) is 10.8 Å². The van der Waals surface area contributed by atoms with E-state index in [0.717, 1.165) is 21.6 Å². The Morgan fingerprint density at radius 3 is 2.48 bits per heavy atom. The topological polar surface area (TPSA) is 47.3 Å². The Morgan fingerprint density at radius 1 is 0.952 bits per heavy atom. The van der Waals surface area contributed by atoms with Crippen molar-refractivity contribution in [3.8, 4) is 5.75 Å². The summed E-state index contributed by atoms with van der Waals surface area (Å²) < 4.78 is 6.24. The van der Waals surface area contributed by atoms with Gasteiger partial charge >= 0.3 is 0 Å². The molecule has 4 heteroatoms. The van der Waals surface area contributed by atoms with Crippen LogP contribution in [0.2, 0.25) is 0 Å². The highest BCUT2D eigenvalue weighted by Crippen LogP contribution is 2.29. The van der Waals surface area contributed by atoms with Gasteiger partial charge in [-0.25, -0.2) is 0 Å². The molecule has 106 valence electrons. The van der Waals surface area contributed by atoms with Crippen LogP contribution in [0.3, 0.4) is 0 Å². The number of hydrogen-bond acceptors (Lipinski definition) is 3. The third-order valence-corrected chi connectivity index (χ3v) is 3.83. The van der Waals surface area contributed by atoms with E-state index in [4.69, 9.17) is 10.5 Å². The third-order valence-electron chi connectivity index (χ3n) is 3.34. The summed E-state index contributed by atoms with van der Waals surface area (Å²) in [5.41, 5.74) is 8.56. The smallest absolute Gasteiger partial charge is 0.121 e. The summed E-state index contributed by atoms with van der Waals surface area (Å²) in [5, 5.41) is 5.71. The molecule has 0 fully saturated rings. The second-order valence-electron chi connectivity index (χ2n) is 4.78. The molecule has 3 aromatic rings. The minimum atomic E-state index is 0.658. The zero-order chi connectivity index (χ0) is 14.8. The van der Waals surface area contributed by atoms with Gasteiger partial charge < -0.3 is 15.8 Å². The molecule has 0 aliphatic rings. The summed E-state index contributed by atoms with van der Waals surface area (Å²) in [4.78, 5) is 0. The van der Waals surface area contributed by atoms with Crippen molar-refractivity contribution in [1.29, 1.82) is 0 Å². The first kappa shape index (κ1) is 13.8. The number of nitrogens with two attached hydrogens (primary N) is 1. The molecule has 0 saturated heterocycles. The molecule has 3 rings (SSSR count). The van der Waals surface area contributed by atoms with Crippen molar-refractivity contribution in [3.63, 3.8) is 0 Å². The maximum Gasteiger partial charge on any atom is 0.121 e. The molecular formula is C17H15BrN2O. The Balaban J connectivity index is 1.92. The van der Waals surface area contributed by atoms with Gasteiger partial charge in [0.05, 0.1) is 18.5 Å². The van der Waals surface area contributed by atoms with Crippen LogP contribution < -0.4 is 15.8 Å². The van der Waals surface area contributed by atoms with Gasteiger partial charge in [-0.2, -0.15) is 0 Å². The molecule has 0 spiro atoms. The van der Waals surface area contributed by atoms with Crippen molar-refractivity contribution in [2.75, 3.05) is 18.2 Å². The van der Waals surface area contributed by atoms with E-state index >= 15 is 0 Å². The average Bonchev–Trinajstić information content (AvgIpc) is 2.49. The Morgan fingerprint density at radius 2 is 1.71 bits per heavy atom. The van der Waals surface area contributed by atoms with E-state index in [-0.39, 0.29) is 0 Å². The molecule has 3 N–H and O–H groups in total. The van der Waals surface area contributed by atoms with Gasteiger partial charge in [0.2, 0.25) is 0 Å². The molecule has 0 aromatic heterocycles. The van der Waals surface area contributed by atoms with E-state index in [2.05, 4.69) is 45.5 Å². The van der Waals surface area contributed by atoms with Gasteiger partial charge in [0.25, 0.3) is 0 Å². The standard InChI is InChI=1S/C17H15BrN2O/c1-21-15-6-7-17(16(19)10-15)20-14-5-3-11-8-13(18)4-2-12(11)9-14/h2-10,20H,19H2,1H3. The molecule has 0 heterocycles. The number of benzene rings is 3. The summed E-state index contributed by atoms with van der Waals surface area (Å²) in [5.74, 6) is 0.751. The SMILES string of the molecule is COc1ccc(Nc2ccc3cc(Br)ccc3c2)c(N)c1. The van der Waals surface area contributed by atoms with E-state index in [1.807, 2.05) is 24.3 Å². The number of anilines is 3. The van der Waals surface area contributed by atoms with Crippen LogP contribution in [0.1, 0.15) is 0 Å². The number of nitrogen functional groups attached to an aromatic ring is 1. The fourth-order valence-electron chi connectivity index (χ4n) is 2.23. The van der Waals surface area contributed by atoms with Crippen LogP contribution in [0, 0.1) is 0 Å². The second-order valence-corrected chi connectivity index (χ2v) is 5.70. The van der Waals surface area contributed by atoms with E-state index in [9.17, 15) is 0 Å². The van der Waals surface area contributed by atoms with Gasteiger partial charge in [0.15, 0.2) is 0 Å². The number of hydrogen-bond donors (Lipinski definition) is 2. The fourth-order valence-corrected chi connectivity index (χ4v) is 2.61. The number of methoxy groups -OCH3 is 1. The van der Waals surface area contributed by atoms with Gasteiger partial charge in [0.1, 0.15) is 5.75 Å². The van der Waals surface area contributed by atoms with Crippen LogP contribution in [-0.2, 0) is 0 Å². The van der Waals surface area contributed by atoms with E-state index < -0.39 is 0 Å². The molecule has 3 nitrogen and oxygen atoms in total. The quantitative estimate of drug-likeness (QED) is 0.663. The summed E-state index contributed by atoms with van der Waals surface area (Å²) in [6.45, 7) is 0. The summed E-state index contributed by atoms with van der Waals surface area (Å²) in [6.07, 6.45) is 0. The highest BCUT2D eigenvalue weighted by molar-refractivity contribution is 9.10. The monoisotopic (exact) mass is 342 g/mol. The van der Waals surface area contributed by atoms with Crippen molar-refractivity contribution >= 4 is 43.8 Å². The Bertz CT molecular complexity index is 802. The minimum Gasteiger partial charge on any atom is -0.497 e. The Kier molecular flexibility index (Phi) is 3.71. The molecule has 0 saturated carbocycles. The van der Waals surface area contributed by atoms with Crippen LogP contribution in [0.15, 0.2) is 59.1 Å². The molecule has 0 aliphatic carbocycles. The van der Waals surface area contributed by atoms with Crippen molar-refractivity contribution in [1.82, 2.24) is 0 Å². The lowest BCUT2D eigenvalue weighted by atomic mass is 10.1. The third kappa shape index (κ3) is 2.95. The zero-order valence-corrected chi connectivity index (χ0v) is 13.1. The van der Waals surface area contributed by atoms with Crippen molar-refractivity contribution in [2.45, 2.75) is 0 Å². The van der Waals surface area contributed by atoms with Gasteiger partial charge in [-0.15, -0.1) is 0 Å². The van der Waals surface area contributed by atoms with Crippen molar-refractivity contribution in [3.05, 3.63) is 59.1 Å². The number of nitrogens with one attached hydrogen (secondary N) is 1. The molecule has 0 unspecified atom stereocenters. The highest BCUT2D eigenvalue weighted by Gasteiger charge is 2.03. The number of fused-ring (bicyclic) bond motifs is 1. The van der Waals surface area contributed by atoms with Crippen molar-refractivity contribution < 1.29 is 4.74 Å². The van der Waals surface area contributed by atoms with E-state index in [0.29, 0.717) is 5.69 Å². The molecule has 0 amide bonds. The zero-order valence-electron chi connectivity index (χ0n) is 11.6. The average molecular weight is 343 g/mol. The first-order valence-corrected chi connectivity index (χ1v) is 7.35. The number of ether oxygens (including phenoxy) is 1.